The van der Waals surface area contributed by atoms with E-state index in [1.54, 1.807) is 0 Å². The van der Waals surface area contributed by atoms with Gasteiger partial charge in [0.1, 0.15) is 0 Å². The topological polar surface area (TPSA) is 36.7 Å². The van der Waals surface area contributed by atoms with Crippen LogP contribution in [0.5, 0.6) is 0 Å². The molecule has 1 radical (unpaired) electrons. The van der Waals surface area contributed by atoms with Gasteiger partial charge in [-0.15, -0.1) is 0 Å². The zero-order valence-electron chi connectivity index (χ0n) is 21.3. The van der Waals surface area contributed by atoms with Crippen LogP contribution >= 0.6 is 0 Å². The SMILES string of the molecule is Cc1ccc(-c2c([CH]C(C)(C)C)c(CC(C)C)nc3ccc(CCCCCC#N)cc23)cc1. The van der Waals surface area contributed by atoms with Crippen LogP contribution in [0.1, 0.15) is 82.7 Å². The van der Waals surface area contributed by atoms with Crippen LogP contribution in [-0.2, 0) is 12.8 Å². The van der Waals surface area contributed by atoms with Crippen LogP contribution in [0.15, 0.2) is 42.5 Å². The molecule has 0 atom stereocenters. The van der Waals surface area contributed by atoms with Crippen molar-refractivity contribution in [2.75, 3.05) is 0 Å². The lowest BCUT2D eigenvalue weighted by Crippen LogP contribution is -2.13. The highest BCUT2D eigenvalue weighted by atomic mass is 14.7. The lowest BCUT2D eigenvalue weighted by atomic mass is 9.81. The monoisotopic (exact) mass is 439 g/mol. The Balaban J connectivity index is 2.17. The number of benzene rings is 2. The minimum Gasteiger partial charge on any atom is -0.252 e. The number of rotatable bonds is 9. The van der Waals surface area contributed by atoms with E-state index in [9.17, 15) is 0 Å². The third-order valence-corrected chi connectivity index (χ3v) is 5.94. The largest absolute Gasteiger partial charge is 0.252 e. The number of nitrogens with zero attached hydrogens (tertiary/aromatic N) is 2. The van der Waals surface area contributed by atoms with E-state index in [4.69, 9.17) is 10.2 Å². The number of aryl methyl sites for hydroxylation is 2. The Kier molecular flexibility index (Phi) is 8.30. The van der Waals surface area contributed by atoms with Crippen molar-refractivity contribution in [3.8, 4) is 17.2 Å². The maximum atomic E-state index is 8.78. The molecule has 2 nitrogen and oxygen atoms in total. The molecule has 0 unspecified atom stereocenters. The van der Waals surface area contributed by atoms with Gasteiger partial charge >= 0.3 is 0 Å². The van der Waals surface area contributed by atoms with E-state index >= 15 is 0 Å². The summed E-state index contributed by atoms with van der Waals surface area (Å²) in [4.78, 5) is 5.20. The van der Waals surface area contributed by atoms with Crippen LogP contribution in [0, 0.1) is 36.0 Å². The smallest absolute Gasteiger partial charge is 0.0711 e. The van der Waals surface area contributed by atoms with Crippen molar-refractivity contribution >= 4 is 10.9 Å². The Morgan fingerprint density at radius 1 is 1.00 bits per heavy atom. The summed E-state index contributed by atoms with van der Waals surface area (Å²) >= 11 is 0. The fourth-order valence-electron chi connectivity index (χ4n) is 4.40. The van der Waals surface area contributed by atoms with E-state index in [0.29, 0.717) is 12.3 Å². The molecular weight excluding hydrogens is 400 g/mol. The molecule has 173 valence electrons. The summed E-state index contributed by atoms with van der Waals surface area (Å²) in [5, 5.41) is 10.0. The predicted octanol–water partition coefficient (Wildman–Crippen LogP) is 8.63. The number of fused-ring (bicyclic) bond motifs is 1. The molecule has 0 fully saturated rings. The van der Waals surface area contributed by atoms with Crippen LogP contribution < -0.4 is 0 Å². The van der Waals surface area contributed by atoms with Gasteiger partial charge < -0.3 is 0 Å². The first-order valence-electron chi connectivity index (χ1n) is 12.4. The van der Waals surface area contributed by atoms with E-state index in [-0.39, 0.29) is 5.41 Å². The summed E-state index contributed by atoms with van der Waals surface area (Å²) in [6, 6.07) is 18.0. The molecule has 0 amide bonds. The molecule has 0 N–H and O–H groups in total. The zero-order valence-corrected chi connectivity index (χ0v) is 21.3. The van der Waals surface area contributed by atoms with E-state index in [1.807, 2.05) is 0 Å². The van der Waals surface area contributed by atoms with Crippen molar-refractivity contribution in [3.63, 3.8) is 0 Å². The molecule has 0 aliphatic carbocycles. The summed E-state index contributed by atoms with van der Waals surface area (Å²) in [7, 11) is 0. The second-order valence-corrected chi connectivity index (χ2v) is 10.9. The first kappa shape index (κ1) is 25.0. The van der Waals surface area contributed by atoms with Crippen molar-refractivity contribution in [2.45, 2.75) is 80.1 Å². The van der Waals surface area contributed by atoms with Crippen molar-refractivity contribution in [1.29, 1.82) is 5.26 Å². The van der Waals surface area contributed by atoms with Crippen molar-refractivity contribution in [2.24, 2.45) is 11.3 Å². The number of aromatic nitrogens is 1. The number of hydrogen-bond acceptors (Lipinski definition) is 2. The van der Waals surface area contributed by atoms with Gasteiger partial charge in [-0.2, -0.15) is 5.26 Å². The quantitative estimate of drug-likeness (QED) is 0.313. The van der Waals surface area contributed by atoms with Gasteiger partial charge in [0.25, 0.3) is 0 Å². The third-order valence-electron chi connectivity index (χ3n) is 5.94. The summed E-state index contributed by atoms with van der Waals surface area (Å²) in [6.07, 6.45) is 8.30. The second kappa shape index (κ2) is 11.0. The molecule has 3 aromatic rings. The van der Waals surface area contributed by atoms with Gasteiger partial charge in [-0.1, -0.05) is 76.9 Å². The third kappa shape index (κ3) is 6.91. The first-order valence-corrected chi connectivity index (χ1v) is 12.4. The van der Waals surface area contributed by atoms with E-state index in [2.05, 4.69) is 96.5 Å². The molecule has 2 aromatic carbocycles. The maximum absolute atomic E-state index is 8.78. The summed E-state index contributed by atoms with van der Waals surface area (Å²) in [5.41, 5.74) is 8.84. The highest BCUT2D eigenvalue weighted by molar-refractivity contribution is 5.97. The normalized spacial score (nSPS) is 11.8. The Hall–Kier alpha value is -2.66. The van der Waals surface area contributed by atoms with Crippen LogP contribution in [0.2, 0.25) is 0 Å². The lowest BCUT2D eigenvalue weighted by Gasteiger charge is -2.25. The highest BCUT2D eigenvalue weighted by Gasteiger charge is 2.23. The number of pyridine rings is 1. The van der Waals surface area contributed by atoms with Gasteiger partial charge in [0.05, 0.1) is 11.6 Å². The van der Waals surface area contributed by atoms with Gasteiger partial charge in [-0.05, 0) is 84.7 Å². The fourth-order valence-corrected chi connectivity index (χ4v) is 4.40. The molecule has 33 heavy (non-hydrogen) atoms. The molecule has 3 rings (SSSR count). The second-order valence-electron chi connectivity index (χ2n) is 10.9. The van der Waals surface area contributed by atoms with Crippen LogP contribution in [-0.4, -0.2) is 4.98 Å². The molecule has 0 spiro atoms. The van der Waals surface area contributed by atoms with Gasteiger partial charge in [0, 0.05) is 17.5 Å². The summed E-state index contributed by atoms with van der Waals surface area (Å²) in [6.45, 7) is 13.5. The van der Waals surface area contributed by atoms with Gasteiger partial charge in [0.15, 0.2) is 0 Å². The van der Waals surface area contributed by atoms with E-state index in [1.165, 1.54) is 38.9 Å². The molecule has 0 saturated heterocycles. The molecule has 0 saturated carbocycles. The fraction of sp³-hybridized carbons (Fsp3) is 0.452. The molecule has 0 aliphatic rings. The number of nitriles is 1. The number of unbranched alkanes of at least 4 members (excludes halogenated alkanes) is 3. The zero-order chi connectivity index (χ0) is 24.0. The van der Waals surface area contributed by atoms with Gasteiger partial charge in [-0.3, -0.25) is 4.98 Å². The van der Waals surface area contributed by atoms with Gasteiger partial charge in [0.2, 0.25) is 0 Å². The summed E-state index contributed by atoms with van der Waals surface area (Å²) in [5.74, 6) is 0.542. The van der Waals surface area contributed by atoms with Gasteiger partial charge in [-0.25, -0.2) is 0 Å². The highest BCUT2D eigenvalue weighted by Crippen LogP contribution is 2.39. The summed E-state index contributed by atoms with van der Waals surface area (Å²) < 4.78 is 0. The van der Waals surface area contributed by atoms with E-state index in [0.717, 1.165) is 37.6 Å². The van der Waals surface area contributed by atoms with Crippen molar-refractivity contribution in [1.82, 2.24) is 4.98 Å². The molecule has 1 heterocycles. The lowest BCUT2D eigenvalue weighted by molar-refractivity contribution is 0.503. The number of hydrogen-bond donors (Lipinski definition) is 0. The Labute approximate surface area is 201 Å². The minimum atomic E-state index is 0.0544. The first-order chi connectivity index (χ1) is 15.7. The van der Waals surface area contributed by atoms with Crippen LogP contribution in [0.25, 0.3) is 22.0 Å². The van der Waals surface area contributed by atoms with Crippen LogP contribution in [0.4, 0.5) is 0 Å². The van der Waals surface area contributed by atoms with Crippen molar-refractivity contribution in [3.05, 3.63) is 71.3 Å². The average molecular weight is 440 g/mol. The molecular formula is C31H39N2. The Morgan fingerprint density at radius 3 is 2.36 bits per heavy atom. The van der Waals surface area contributed by atoms with Crippen molar-refractivity contribution < 1.29 is 0 Å². The standard InChI is InChI=1S/C31H39N2/c1-22(2)19-29-27(21-31(4,5)6)30(25-15-12-23(3)13-16-25)26-20-24(14-17-28(26)33-29)11-9-7-8-10-18-32/h12-17,20-22H,7-11,19H2,1-6H3. The maximum Gasteiger partial charge on any atom is 0.0711 e. The molecule has 0 bridgehead atoms. The van der Waals surface area contributed by atoms with Crippen LogP contribution in [0.3, 0.4) is 0 Å². The average Bonchev–Trinajstić information content (AvgIpc) is 2.74. The minimum absolute atomic E-state index is 0.0544. The molecule has 0 aliphatic heterocycles. The Morgan fingerprint density at radius 2 is 1.73 bits per heavy atom. The van der Waals surface area contributed by atoms with E-state index < -0.39 is 0 Å². The molecule has 1 aromatic heterocycles. The Bertz CT molecular complexity index is 1110. The molecule has 2 heteroatoms. The predicted molar refractivity (Wildman–Crippen MR) is 141 cm³/mol.